The summed E-state index contributed by atoms with van der Waals surface area (Å²) in [6.07, 6.45) is 10.2. The minimum atomic E-state index is -0.663. The Balaban J connectivity index is 0.000000240. The van der Waals surface area contributed by atoms with Crippen molar-refractivity contribution < 1.29 is 15.0 Å². The van der Waals surface area contributed by atoms with Crippen LogP contribution in [-0.2, 0) is 4.79 Å². The number of rotatable bonds is 8. The molecule has 0 saturated carbocycles. The van der Waals surface area contributed by atoms with E-state index in [2.05, 4.69) is 27.8 Å². The Bertz CT molecular complexity index is 642. The Morgan fingerprint density at radius 1 is 1.17 bits per heavy atom. The molecule has 2 aromatic rings. The van der Waals surface area contributed by atoms with Gasteiger partial charge in [-0.3, -0.25) is 4.79 Å². The van der Waals surface area contributed by atoms with Gasteiger partial charge in [0.15, 0.2) is 0 Å². The van der Waals surface area contributed by atoms with Gasteiger partial charge in [0.2, 0.25) is 0 Å². The number of carbonyl (C=O) groups is 1. The molecular formula is C18H25BrClNO3. The smallest absolute Gasteiger partial charge is 0.303 e. The zero-order chi connectivity index (χ0) is 17.9. The van der Waals surface area contributed by atoms with E-state index >= 15 is 0 Å². The number of H-pyrrole nitrogens is 1. The minimum Gasteiger partial charge on any atom is -0.506 e. The molecule has 4 nitrogen and oxygen atoms in total. The highest BCUT2D eigenvalue weighted by Crippen LogP contribution is 2.32. The van der Waals surface area contributed by atoms with Crippen molar-refractivity contribution in [1.29, 1.82) is 0 Å². The number of aromatic amines is 1. The van der Waals surface area contributed by atoms with E-state index in [0.717, 1.165) is 28.2 Å². The first-order valence-corrected chi connectivity index (χ1v) is 9.49. The molecule has 2 rings (SSSR count). The fraction of sp³-hybridized carbons (Fsp3) is 0.500. The summed E-state index contributed by atoms with van der Waals surface area (Å²) in [6.45, 7) is 2.20. The lowest BCUT2D eigenvalue weighted by molar-refractivity contribution is -0.137. The van der Waals surface area contributed by atoms with Crippen molar-refractivity contribution in [3.8, 4) is 5.75 Å². The Labute approximate surface area is 156 Å². The summed E-state index contributed by atoms with van der Waals surface area (Å²) in [4.78, 5) is 13.0. The normalized spacial score (nSPS) is 10.5. The van der Waals surface area contributed by atoms with Crippen molar-refractivity contribution in [3.63, 3.8) is 0 Å². The highest BCUT2D eigenvalue weighted by molar-refractivity contribution is 9.10. The molecule has 0 atom stereocenters. The summed E-state index contributed by atoms with van der Waals surface area (Å²) in [5, 5.41) is 19.1. The van der Waals surface area contributed by atoms with Gasteiger partial charge in [-0.25, -0.2) is 0 Å². The van der Waals surface area contributed by atoms with Crippen LogP contribution < -0.4 is 0 Å². The maximum absolute atomic E-state index is 10.1. The van der Waals surface area contributed by atoms with Crippen LogP contribution in [0.1, 0.15) is 58.3 Å². The molecule has 3 N–H and O–H groups in total. The fourth-order valence-corrected chi connectivity index (χ4v) is 2.84. The molecule has 6 heteroatoms. The summed E-state index contributed by atoms with van der Waals surface area (Å²) in [7, 11) is 0. The molecule has 0 unspecified atom stereocenters. The number of halogens is 2. The van der Waals surface area contributed by atoms with Gasteiger partial charge < -0.3 is 15.2 Å². The second-order valence-corrected chi connectivity index (χ2v) is 7.01. The van der Waals surface area contributed by atoms with Gasteiger partial charge >= 0.3 is 5.97 Å². The number of aliphatic carboxylic acids is 1. The predicted octanol–water partition coefficient (Wildman–Crippen LogP) is 6.50. The summed E-state index contributed by atoms with van der Waals surface area (Å²) < 4.78 is 0.784. The van der Waals surface area contributed by atoms with Crippen molar-refractivity contribution in [1.82, 2.24) is 4.98 Å². The van der Waals surface area contributed by atoms with E-state index in [-0.39, 0.29) is 5.75 Å². The average Bonchev–Trinajstić information content (AvgIpc) is 2.88. The Morgan fingerprint density at radius 2 is 1.79 bits per heavy atom. The van der Waals surface area contributed by atoms with Crippen LogP contribution >= 0.6 is 27.5 Å². The van der Waals surface area contributed by atoms with Gasteiger partial charge in [-0.15, -0.1) is 0 Å². The van der Waals surface area contributed by atoms with Crippen molar-refractivity contribution in [2.45, 2.75) is 58.3 Å². The Hall–Kier alpha value is -1.20. The number of hydrogen-bond acceptors (Lipinski definition) is 2. The number of fused-ring (bicyclic) bond motifs is 1. The third-order valence-corrected chi connectivity index (χ3v) is 4.89. The van der Waals surface area contributed by atoms with E-state index in [0.29, 0.717) is 11.4 Å². The minimum absolute atomic E-state index is 0.238. The average molecular weight is 419 g/mol. The number of aromatic hydroxyl groups is 1. The van der Waals surface area contributed by atoms with Crippen molar-refractivity contribution in [2.24, 2.45) is 0 Å². The number of carboxylic acids is 1. The molecule has 0 radical (unpaired) electrons. The third kappa shape index (κ3) is 7.58. The lowest BCUT2D eigenvalue weighted by Gasteiger charge is -1.98. The molecule has 0 saturated heterocycles. The third-order valence-electron chi connectivity index (χ3n) is 3.69. The predicted molar refractivity (Wildman–Crippen MR) is 103 cm³/mol. The van der Waals surface area contributed by atoms with Crippen LogP contribution in [0.25, 0.3) is 10.9 Å². The SMILES string of the molecule is CCCCCCCCCC(=O)O.Oc1c[nH]c2cc(Cl)c(Br)cc12. The molecule has 24 heavy (non-hydrogen) atoms. The topological polar surface area (TPSA) is 73.3 Å². The highest BCUT2D eigenvalue weighted by atomic mass is 79.9. The molecular weight excluding hydrogens is 394 g/mol. The molecule has 0 bridgehead atoms. The van der Waals surface area contributed by atoms with Gasteiger partial charge in [-0.2, -0.15) is 0 Å². The zero-order valence-corrected chi connectivity index (χ0v) is 16.3. The first kappa shape index (κ1) is 20.8. The molecule has 1 aromatic heterocycles. The highest BCUT2D eigenvalue weighted by Gasteiger charge is 2.05. The van der Waals surface area contributed by atoms with E-state index in [9.17, 15) is 9.90 Å². The molecule has 0 aliphatic carbocycles. The van der Waals surface area contributed by atoms with Gasteiger partial charge in [0.1, 0.15) is 5.75 Å². The second-order valence-electron chi connectivity index (χ2n) is 5.75. The quantitative estimate of drug-likeness (QED) is 0.428. The van der Waals surface area contributed by atoms with Gasteiger partial charge in [0.05, 0.1) is 10.5 Å². The van der Waals surface area contributed by atoms with Crippen molar-refractivity contribution in [2.75, 3.05) is 0 Å². The number of nitrogens with one attached hydrogen (secondary N) is 1. The number of unbranched alkanes of at least 4 members (excludes halogenated alkanes) is 6. The van der Waals surface area contributed by atoms with Crippen LogP contribution in [0.2, 0.25) is 5.02 Å². The van der Waals surface area contributed by atoms with Crippen LogP contribution in [0.3, 0.4) is 0 Å². The largest absolute Gasteiger partial charge is 0.506 e. The first-order chi connectivity index (χ1) is 11.5. The lowest BCUT2D eigenvalue weighted by Crippen LogP contribution is -1.93. The first-order valence-electron chi connectivity index (χ1n) is 8.32. The van der Waals surface area contributed by atoms with Crippen molar-refractivity contribution >= 4 is 44.4 Å². The van der Waals surface area contributed by atoms with E-state index in [4.69, 9.17) is 16.7 Å². The van der Waals surface area contributed by atoms with Crippen LogP contribution in [0, 0.1) is 0 Å². The zero-order valence-electron chi connectivity index (χ0n) is 13.9. The molecule has 134 valence electrons. The molecule has 0 spiro atoms. The lowest BCUT2D eigenvalue weighted by atomic mass is 10.1. The Kier molecular flexibility index (Phi) is 9.88. The second kappa shape index (κ2) is 11.4. The molecule has 0 amide bonds. The molecule has 0 fully saturated rings. The van der Waals surface area contributed by atoms with Gasteiger partial charge in [-0.05, 0) is 34.5 Å². The number of aromatic nitrogens is 1. The van der Waals surface area contributed by atoms with Crippen LogP contribution in [-0.4, -0.2) is 21.2 Å². The summed E-state index contributed by atoms with van der Waals surface area (Å²) in [6, 6.07) is 3.55. The standard InChI is InChI=1S/C10H20O2.C8H5BrClNO/c1-2-3-4-5-6-7-8-9-10(11)12;9-5-1-4-7(2-6(5)10)11-3-8(4)12/h2-9H2,1H3,(H,11,12);1-3,11-12H. The van der Waals surface area contributed by atoms with Crippen LogP contribution in [0.15, 0.2) is 22.8 Å². The Morgan fingerprint density at radius 3 is 2.42 bits per heavy atom. The van der Waals surface area contributed by atoms with Crippen LogP contribution in [0.5, 0.6) is 5.75 Å². The van der Waals surface area contributed by atoms with Gasteiger partial charge in [0.25, 0.3) is 0 Å². The maximum atomic E-state index is 10.1. The van der Waals surface area contributed by atoms with E-state index in [1.807, 2.05) is 0 Å². The van der Waals surface area contributed by atoms with Crippen molar-refractivity contribution in [3.05, 3.63) is 27.8 Å². The molecule has 0 aliphatic heterocycles. The summed E-state index contributed by atoms with van der Waals surface area (Å²) >= 11 is 9.13. The fourth-order valence-electron chi connectivity index (χ4n) is 2.34. The molecule has 0 aliphatic rings. The number of hydrogen-bond donors (Lipinski definition) is 3. The van der Waals surface area contributed by atoms with E-state index in [1.54, 1.807) is 12.1 Å². The summed E-state index contributed by atoms with van der Waals surface area (Å²) in [5.41, 5.74) is 0.834. The summed E-state index contributed by atoms with van der Waals surface area (Å²) in [5.74, 6) is -0.425. The number of benzene rings is 1. The van der Waals surface area contributed by atoms with Crippen LogP contribution in [0.4, 0.5) is 0 Å². The van der Waals surface area contributed by atoms with E-state index in [1.165, 1.54) is 38.3 Å². The molecule has 1 aromatic carbocycles. The number of carboxylic acid groups (broad SMARTS) is 1. The monoisotopic (exact) mass is 417 g/mol. The maximum Gasteiger partial charge on any atom is 0.303 e. The van der Waals surface area contributed by atoms with Gasteiger partial charge in [0, 0.05) is 22.5 Å². The van der Waals surface area contributed by atoms with Gasteiger partial charge in [-0.1, -0.05) is 57.0 Å². The molecule has 1 heterocycles. The van der Waals surface area contributed by atoms with E-state index < -0.39 is 5.97 Å².